The Morgan fingerprint density at radius 1 is 1.39 bits per heavy atom. The van der Waals surface area contributed by atoms with Gasteiger partial charge in [-0.05, 0) is 31.5 Å². The lowest BCUT2D eigenvalue weighted by Crippen LogP contribution is -2.29. The van der Waals surface area contributed by atoms with E-state index in [0.29, 0.717) is 11.3 Å². The van der Waals surface area contributed by atoms with Crippen molar-refractivity contribution >= 4 is 5.65 Å². The molecule has 0 radical (unpaired) electrons. The van der Waals surface area contributed by atoms with Crippen LogP contribution in [-0.2, 0) is 0 Å². The molecule has 3 rings (SSSR count). The Balaban J connectivity index is 2.12. The SMILES string of the molecule is O=c1cc(C2CCCCN2)nc2cccc(F)n12. The van der Waals surface area contributed by atoms with Crippen molar-refractivity contribution in [3.8, 4) is 0 Å². The van der Waals surface area contributed by atoms with E-state index in [0.717, 1.165) is 30.2 Å². The first-order valence-corrected chi connectivity index (χ1v) is 6.17. The third-order valence-electron chi connectivity index (χ3n) is 3.32. The van der Waals surface area contributed by atoms with E-state index in [-0.39, 0.29) is 11.6 Å². The maximum Gasteiger partial charge on any atom is 0.260 e. The summed E-state index contributed by atoms with van der Waals surface area (Å²) in [7, 11) is 0. The van der Waals surface area contributed by atoms with Gasteiger partial charge in [0.05, 0.1) is 5.69 Å². The van der Waals surface area contributed by atoms with E-state index in [2.05, 4.69) is 10.3 Å². The van der Waals surface area contributed by atoms with Crippen LogP contribution in [0.2, 0.25) is 0 Å². The van der Waals surface area contributed by atoms with Crippen molar-refractivity contribution in [2.75, 3.05) is 6.54 Å². The molecule has 18 heavy (non-hydrogen) atoms. The molecule has 1 aliphatic rings. The topological polar surface area (TPSA) is 46.4 Å². The average Bonchev–Trinajstić information content (AvgIpc) is 2.39. The third-order valence-corrected chi connectivity index (χ3v) is 3.32. The number of fused-ring (bicyclic) bond motifs is 1. The molecular weight excluding hydrogens is 233 g/mol. The van der Waals surface area contributed by atoms with Gasteiger partial charge in [-0.1, -0.05) is 12.5 Å². The smallest absolute Gasteiger partial charge is 0.260 e. The molecule has 1 aliphatic heterocycles. The molecule has 1 N–H and O–H groups in total. The first kappa shape index (κ1) is 11.3. The number of rotatable bonds is 1. The first-order valence-electron chi connectivity index (χ1n) is 6.17. The van der Waals surface area contributed by atoms with Gasteiger partial charge in [0.25, 0.3) is 5.56 Å². The molecule has 94 valence electrons. The van der Waals surface area contributed by atoms with Gasteiger partial charge in [-0.2, -0.15) is 4.39 Å². The summed E-state index contributed by atoms with van der Waals surface area (Å²) in [4.78, 5) is 16.3. The van der Waals surface area contributed by atoms with Crippen molar-refractivity contribution in [3.05, 3.63) is 46.3 Å². The van der Waals surface area contributed by atoms with Crippen molar-refractivity contribution in [2.24, 2.45) is 0 Å². The lowest BCUT2D eigenvalue weighted by molar-refractivity contribution is 0.404. The molecule has 1 atom stereocenters. The second-order valence-electron chi connectivity index (χ2n) is 4.56. The summed E-state index contributed by atoms with van der Waals surface area (Å²) in [5, 5.41) is 3.34. The van der Waals surface area contributed by atoms with Crippen LogP contribution in [-0.4, -0.2) is 15.9 Å². The molecule has 5 heteroatoms. The lowest BCUT2D eigenvalue weighted by Gasteiger charge is -2.22. The number of nitrogens with zero attached hydrogens (tertiary/aromatic N) is 2. The molecule has 2 aromatic heterocycles. The van der Waals surface area contributed by atoms with E-state index in [1.807, 2.05) is 0 Å². The van der Waals surface area contributed by atoms with Crippen LogP contribution in [0.25, 0.3) is 5.65 Å². The zero-order valence-electron chi connectivity index (χ0n) is 9.90. The number of piperidine rings is 1. The Morgan fingerprint density at radius 3 is 3.06 bits per heavy atom. The number of hydrogen-bond donors (Lipinski definition) is 1. The van der Waals surface area contributed by atoms with Gasteiger partial charge < -0.3 is 5.32 Å². The molecule has 0 saturated carbocycles. The van der Waals surface area contributed by atoms with Crippen LogP contribution >= 0.6 is 0 Å². The highest BCUT2D eigenvalue weighted by atomic mass is 19.1. The van der Waals surface area contributed by atoms with Crippen molar-refractivity contribution in [1.29, 1.82) is 0 Å². The molecule has 1 fully saturated rings. The van der Waals surface area contributed by atoms with E-state index in [1.54, 1.807) is 12.1 Å². The molecule has 1 saturated heterocycles. The molecule has 0 amide bonds. The monoisotopic (exact) mass is 247 g/mol. The molecular formula is C13H14FN3O. The maximum absolute atomic E-state index is 13.5. The Hall–Kier alpha value is -1.75. The van der Waals surface area contributed by atoms with Crippen LogP contribution in [0.3, 0.4) is 0 Å². The van der Waals surface area contributed by atoms with E-state index in [9.17, 15) is 9.18 Å². The van der Waals surface area contributed by atoms with E-state index in [4.69, 9.17) is 0 Å². The van der Waals surface area contributed by atoms with Gasteiger partial charge in [0.1, 0.15) is 5.65 Å². The zero-order chi connectivity index (χ0) is 12.5. The zero-order valence-corrected chi connectivity index (χ0v) is 9.90. The number of nitrogens with one attached hydrogen (secondary N) is 1. The van der Waals surface area contributed by atoms with Crippen LogP contribution < -0.4 is 10.9 Å². The van der Waals surface area contributed by atoms with Gasteiger partial charge in [-0.3, -0.25) is 4.79 Å². The van der Waals surface area contributed by atoms with Gasteiger partial charge in [0, 0.05) is 12.1 Å². The number of hydrogen-bond acceptors (Lipinski definition) is 3. The van der Waals surface area contributed by atoms with E-state index in [1.165, 1.54) is 12.1 Å². The normalized spacial score (nSPS) is 20.2. The van der Waals surface area contributed by atoms with E-state index < -0.39 is 5.95 Å². The molecule has 0 spiro atoms. The van der Waals surface area contributed by atoms with Gasteiger partial charge in [0.15, 0.2) is 0 Å². The van der Waals surface area contributed by atoms with Gasteiger partial charge >= 0.3 is 0 Å². The highest BCUT2D eigenvalue weighted by Crippen LogP contribution is 2.20. The highest BCUT2D eigenvalue weighted by molar-refractivity contribution is 5.39. The summed E-state index contributed by atoms with van der Waals surface area (Å²) < 4.78 is 14.5. The fourth-order valence-electron chi connectivity index (χ4n) is 2.42. The summed E-state index contributed by atoms with van der Waals surface area (Å²) in [5.74, 6) is -0.576. The summed E-state index contributed by atoms with van der Waals surface area (Å²) in [6.07, 6.45) is 3.25. The van der Waals surface area contributed by atoms with Crippen LogP contribution in [0.15, 0.2) is 29.1 Å². The van der Waals surface area contributed by atoms with E-state index >= 15 is 0 Å². The predicted molar refractivity (Wildman–Crippen MR) is 66.0 cm³/mol. The molecule has 0 aromatic carbocycles. The molecule has 4 nitrogen and oxygen atoms in total. The lowest BCUT2D eigenvalue weighted by atomic mass is 10.0. The largest absolute Gasteiger partial charge is 0.309 e. The second-order valence-corrected chi connectivity index (χ2v) is 4.56. The summed E-state index contributed by atoms with van der Waals surface area (Å²) in [6, 6.07) is 6.01. The van der Waals surface area contributed by atoms with Gasteiger partial charge in [0.2, 0.25) is 5.95 Å². The summed E-state index contributed by atoms with van der Waals surface area (Å²) >= 11 is 0. The minimum atomic E-state index is -0.576. The average molecular weight is 247 g/mol. The Morgan fingerprint density at radius 2 is 2.28 bits per heavy atom. The number of aromatic nitrogens is 2. The van der Waals surface area contributed by atoms with Crippen molar-refractivity contribution in [1.82, 2.24) is 14.7 Å². The maximum atomic E-state index is 13.5. The minimum absolute atomic E-state index is 0.111. The fraction of sp³-hybridized carbons (Fsp3) is 0.385. The molecule has 1 unspecified atom stereocenters. The standard InChI is InChI=1S/C13H14FN3O/c14-11-5-3-6-12-16-10(8-13(18)17(11)12)9-4-1-2-7-15-9/h3,5-6,8-9,15H,1-2,4,7H2. The summed E-state index contributed by atoms with van der Waals surface area (Å²) in [5.41, 5.74) is 0.718. The number of pyridine rings is 1. The Labute approximate surface area is 103 Å². The van der Waals surface area contributed by atoms with Crippen molar-refractivity contribution in [2.45, 2.75) is 25.3 Å². The predicted octanol–water partition coefficient (Wildman–Crippen LogP) is 1.65. The highest BCUT2D eigenvalue weighted by Gasteiger charge is 2.17. The van der Waals surface area contributed by atoms with Crippen molar-refractivity contribution in [3.63, 3.8) is 0 Å². The number of halogens is 1. The van der Waals surface area contributed by atoms with Crippen LogP contribution in [0.5, 0.6) is 0 Å². The molecule has 0 bridgehead atoms. The first-order chi connectivity index (χ1) is 8.75. The molecule has 2 aromatic rings. The van der Waals surface area contributed by atoms with Crippen LogP contribution in [0.1, 0.15) is 31.0 Å². The van der Waals surface area contributed by atoms with Crippen LogP contribution in [0, 0.1) is 5.95 Å². The van der Waals surface area contributed by atoms with Gasteiger partial charge in [-0.25, -0.2) is 9.38 Å². The van der Waals surface area contributed by atoms with Crippen molar-refractivity contribution < 1.29 is 4.39 Å². The Kier molecular flexibility index (Phi) is 2.83. The molecule has 3 heterocycles. The quantitative estimate of drug-likeness (QED) is 0.779. The van der Waals surface area contributed by atoms with Crippen LogP contribution in [0.4, 0.5) is 4.39 Å². The second kappa shape index (κ2) is 4.49. The Bertz CT molecular complexity index is 632. The van der Waals surface area contributed by atoms with Gasteiger partial charge in [-0.15, -0.1) is 0 Å². The summed E-state index contributed by atoms with van der Waals surface area (Å²) in [6.45, 7) is 0.939. The minimum Gasteiger partial charge on any atom is -0.309 e. The third kappa shape index (κ3) is 1.90. The molecule has 0 aliphatic carbocycles. The fourth-order valence-corrected chi connectivity index (χ4v) is 2.42.